The van der Waals surface area contributed by atoms with Gasteiger partial charge in [-0.2, -0.15) is 0 Å². The molecule has 0 spiro atoms. The first-order valence-electron chi connectivity index (χ1n) is 5.01. The molecule has 2 atom stereocenters. The minimum atomic E-state index is 0.696. The number of fused-ring (bicyclic) bond motifs is 1. The average molecular weight is 166 g/mol. The van der Waals surface area contributed by atoms with Gasteiger partial charge in [0.05, 0.1) is 0 Å². The van der Waals surface area contributed by atoms with Gasteiger partial charge in [-0.3, -0.25) is 0 Å². The van der Waals surface area contributed by atoms with Crippen LogP contribution in [0.4, 0.5) is 0 Å². The topological polar surface area (TPSA) is 15.3 Å². The van der Waals surface area contributed by atoms with Gasteiger partial charge in [-0.05, 0) is 38.4 Å². The first-order valence-corrected chi connectivity index (χ1v) is 5.01. The zero-order valence-electron chi connectivity index (χ0n) is 7.63. The third kappa shape index (κ3) is 1.48. The smallest absolute Gasteiger partial charge is 0.0282 e. The normalized spacial score (nSPS) is 36.0. The summed E-state index contributed by atoms with van der Waals surface area (Å²) >= 11 is 0. The molecule has 2 unspecified atom stereocenters. The summed E-state index contributed by atoms with van der Waals surface area (Å²) in [4.78, 5) is 2.64. The lowest BCUT2D eigenvalue weighted by atomic mass is 9.98. The van der Waals surface area contributed by atoms with E-state index in [1.54, 1.807) is 0 Å². The summed E-state index contributed by atoms with van der Waals surface area (Å²) in [5.74, 6) is 0. The molecule has 0 aromatic rings. The van der Waals surface area contributed by atoms with Crippen LogP contribution in [0, 0.1) is 0 Å². The Morgan fingerprint density at radius 2 is 2.25 bits per heavy atom. The summed E-state index contributed by atoms with van der Waals surface area (Å²) in [6.45, 7) is 6.34. The molecule has 68 valence electrons. The third-order valence-corrected chi connectivity index (χ3v) is 3.17. The fraction of sp³-hybridized carbons (Fsp3) is 0.800. The van der Waals surface area contributed by atoms with Gasteiger partial charge in [0.25, 0.3) is 0 Å². The highest BCUT2D eigenvalue weighted by Gasteiger charge is 2.30. The summed E-state index contributed by atoms with van der Waals surface area (Å²) in [7, 11) is 0. The molecule has 2 rings (SSSR count). The Kier molecular flexibility index (Phi) is 2.35. The maximum Gasteiger partial charge on any atom is 0.0282 e. The number of nitrogens with one attached hydrogen (secondary N) is 1. The molecule has 0 bridgehead atoms. The van der Waals surface area contributed by atoms with Crippen molar-refractivity contribution in [3.05, 3.63) is 12.8 Å². The molecule has 0 radical (unpaired) electrons. The van der Waals surface area contributed by atoms with Crippen molar-refractivity contribution in [3.8, 4) is 0 Å². The summed E-state index contributed by atoms with van der Waals surface area (Å²) in [5, 5.41) is 3.33. The number of nitrogens with zero attached hydrogens (tertiary/aromatic N) is 1. The van der Waals surface area contributed by atoms with Crippen molar-refractivity contribution in [2.75, 3.05) is 13.1 Å². The number of rotatable bonds is 2. The van der Waals surface area contributed by atoms with Crippen molar-refractivity contribution in [1.29, 1.82) is 0 Å². The van der Waals surface area contributed by atoms with Crippen LogP contribution in [-0.2, 0) is 0 Å². The quantitative estimate of drug-likeness (QED) is 0.666. The molecule has 2 heterocycles. The molecular formula is C10H18N2. The molecule has 1 N–H and O–H groups in total. The highest BCUT2D eigenvalue weighted by Crippen LogP contribution is 2.26. The van der Waals surface area contributed by atoms with Gasteiger partial charge in [0.1, 0.15) is 0 Å². The second kappa shape index (κ2) is 3.48. The van der Waals surface area contributed by atoms with Crippen LogP contribution in [0.3, 0.4) is 0 Å². The number of hydrogen-bond acceptors (Lipinski definition) is 2. The second-order valence-electron chi connectivity index (χ2n) is 3.92. The monoisotopic (exact) mass is 166 g/mol. The maximum atomic E-state index is 3.72. The first kappa shape index (κ1) is 8.11. The van der Waals surface area contributed by atoms with Crippen LogP contribution in [0.15, 0.2) is 12.8 Å². The Bertz CT molecular complexity index is 167. The van der Waals surface area contributed by atoms with Gasteiger partial charge in [0.2, 0.25) is 0 Å². The maximum absolute atomic E-state index is 3.72. The molecular weight excluding hydrogens is 148 g/mol. The Labute approximate surface area is 74.6 Å². The Balaban J connectivity index is 1.87. The van der Waals surface area contributed by atoms with E-state index in [9.17, 15) is 0 Å². The summed E-state index contributed by atoms with van der Waals surface area (Å²) in [6, 6.07) is 1.57. The predicted molar refractivity (Wildman–Crippen MR) is 50.9 cm³/mol. The van der Waals surface area contributed by atoms with E-state index in [0.29, 0.717) is 6.04 Å². The second-order valence-corrected chi connectivity index (χ2v) is 3.92. The molecule has 0 saturated carbocycles. The van der Waals surface area contributed by atoms with E-state index in [1.165, 1.54) is 38.8 Å². The first-order chi connectivity index (χ1) is 5.90. The van der Waals surface area contributed by atoms with Crippen molar-refractivity contribution in [3.63, 3.8) is 0 Å². The lowest BCUT2D eigenvalue weighted by Gasteiger charge is -2.34. The van der Waals surface area contributed by atoms with E-state index < -0.39 is 0 Å². The highest BCUT2D eigenvalue weighted by atomic mass is 15.2. The Morgan fingerprint density at radius 1 is 1.33 bits per heavy atom. The van der Waals surface area contributed by atoms with Gasteiger partial charge in [-0.25, -0.2) is 0 Å². The summed E-state index contributed by atoms with van der Waals surface area (Å²) in [6.07, 6.45) is 7.28. The molecule has 2 fully saturated rings. The van der Waals surface area contributed by atoms with Gasteiger partial charge >= 0.3 is 0 Å². The van der Waals surface area contributed by atoms with E-state index in [4.69, 9.17) is 0 Å². The molecule has 2 saturated heterocycles. The largest absolute Gasteiger partial charge is 0.389 e. The standard InChI is InChI=1S/C10H18N2/c1-2-11-9-5-7-12-6-3-4-10(12)8-9/h2,9-11H,1,3-8H2. The average Bonchev–Trinajstić information content (AvgIpc) is 2.51. The fourth-order valence-electron chi connectivity index (χ4n) is 2.54. The summed E-state index contributed by atoms with van der Waals surface area (Å²) < 4.78 is 0. The van der Waals surface area contributed by atoms with Crippen LogP contribution in [0.25, 0.3) is 0 Å². The van der Waals surface area contributed by atoms with Gasteiger partial charge in [0, 0.05) is 18.6 Å². The zero-order chi connectivity index (χ0) is 8.39. The summed E-state index contributed by atoms with van der Waals surface area (Å²) in [5.41, 5.74) is 0. The van der Waals surface area contributed by atoms with Crippen LogP contribution >= 0.6 is 0 Å². The van der Waals surface area contributed by atoms with Crippen molar-refractivity contribution in [2.45, 2.75) is 37.8 Å². The van der Waals surface area contributed by atoms with Crippen molar-refractivity contribution < 1.29 is 0 Å². The van der Waals surface area contributed by atoms with Crippen LogP contribution in [0.1, 0.15) is 25.7 Å². The van der Waals surface area contributed by atoms with Crippen LogP contribution < -0.4 is 5.32 Å². The molecule has 0 aliphatic carbocycles. The highest BCUT2D eigenvalue weighted by molar-refractivity contribution is 4.90. The Morgan fingerprint density at radius 3 is 3.08 bits per heavy atom. The molecule has 2 aliphatic rings. The number of piperidine rings is 1. The van der Waals surface area contributed by atoms with Gasteiger partial charge in [0.15, 0.2) is 0 Å². The van der Waals surface area contributed by atoms with E-state index >= 15 is 0 Å². The van der Waals surface area contributed by atoms with E-state index in [0.717, 1.165) is 6.04 Å². The van der Waals surface area contributed by atoms with Gasteiger partial charge < -0.3 is 10.2 Å². The van der Waals surface area contributed by atoms with E-state index in [-0.39, 0.29) is 0 Å². The SMILES string of the molecule is C=CNC1CCN2CCCC2C1. The Hall–Kier alpha value is -0.500. The minimum absolute atomic E-state index is 0.696. The number of hydrogen-bond donors (Lipinski definition) is 1. The van der Waals surface area contributed by atoms with Crippen LogP contribution in [0.5, 0.6) is 0 Å². The molecule has 2 nitrogen and oxygen atoms in total. The van der Waals surface area contributed by atoms with Gasteiger partial charge in [-0.1, -0.05) is 6.58 Å². The van der Waals surface area contributed by atoms with Crippen LogP contribution in [0.2, 0.25) is 0 Å². The fourth-order valence-corrected chi connectivity index (χ4v) is 2.54. The van der Waals surface area contributed by atoms with Crippen molar-refractivity contribution in [1.82, 2.24) is 10.2 Å². The van der Waals surface area contributed by atoms with Crippen molar-refractivity contribution in [2.24, 2.45) is 0 Å². The lowest BCUT2D eigenvalue weighted by Crippen LogP contribution is -2.44. The van der Waals surface area contributed by atoms with Crippen molar-refractivity contribution >= 4 is 0 Å². The third-order valence-electron chi connectivity index (χ3n) is 3.17. The predicted octanol–water partition coefficient (Wildman–Crippen LogP) is 1.35. The van der Waals surface area contributed by atoms with Crippen LogP contribution in [-0.4, -0.2) is 30.1 Å². The zero-order valence-corrected chi connectivity index (χ0v) is 7.63. The molecule has 2 aliphatic heterocycles. The molecule has 2 heteroatoms. The van der Waals surface area contributed by atoms with E-state index in [1.807, 2.05) is 6.20 Å². The molecule has 0 amide bonds. The molecule has 0 aromatic carbocycles. The molecule has 12 heavy (non-hydrogen) atoms. The molecule has 0 aromatic heterocycles. The minimum Gasteiger partial charge on any atom is -0.389 e. The van der Waals surface area contributed by atoms with E-state index in [2.05, 4.69) is 16.8 Å². The lowest BCUT2D eigenvalue weighted by molar-refractivity contribution is 0.173. The van der Waals surface area contributed by atoms with Gasteiger partial charge in [-0.15, -0.1) is 0 Å².